The summed E-state index contributed by atoms with van der Waals surface area (Å²) < 4.78 is 17.0. The van der Waals surface area contributed by atoms with Gasteiger partial charge in [0.25, 0.3) is 0 Å². The fourth-order valence-electron chi connectivity index (χ4n) is 6.56. The van der Waals surface area contributed by atoms with Crippen LogP contribution in [0.25, 0.3) is 0 Å². The van der Waals surface area contributed by atoms with E-state index in [-0.39, 0.29) is 29.8 Å². The third-order valence-electron chi connectivity index (χ3n) is 10.7. The topological polar surface area (TPSA) is 154 Å². The highest BCUT2D eigenvalue weighted by molar-refractivity contribution is 5.91. The van der Waals surface area contributed by atoms with Crippen molar-refractivity contribution in [3.8, 4) is 0 Å². The van der Waals surface area contributed by atoms with Crippen LogP contribution in [0.5, 0.6) is 0 Å². The van der Waals surface area contributed by atoms with E-state index in [1.807, 2.05) is 6.07 Å². The summed E-state index contributed by atoms with van der Waals surface area (Å²) in [6.07, 6.45) is 12.6. The molecule has 3 N–H and O–H groups in total. The van der Waals surface area contributed by atoms with E-state index in [1.54, 1.807) is 66.7 Å². The van der Waals surface area contributed by atoms with E-state index in [9.17, 15) is 14.4 Å². The van der Waals surface area contributed by atoms with Gasteiger partial charge in [-0.2, -0.15) is 15.0 Å². The summed E-state index contributed by atoms with van der Waals surface area (Å²) in [5, 5.41) is 9.65. The highest BCUT2D eigenvalue weighted by Gasteiger charge is 2.17. The van der Waals surface area contributed by atoms with Gasteiger partial charge in [-0.05, 0) is 104 Å². The third kappa shape index (κ3) is 15.9. The Balaban J connectivity index is 1.51. The largest absolute Gasteiger partial charge is 0.462 e. The van der Waals surface area contributed by atoms with Gasteiger partial charge < -0.3 is 30.2 Å². The second-order valence-corrected chi connectivity index (χ2v) is 15.5. The number of aromatic nitrogens is 3. The number of carbonyl (C=O) groups is 3. The summed E-state index contributed by atoms with van der Waals surface area (Å²) in [6.45, 7) is 14.0. The molecule has 1 heterocycles. The molecule has 4 aromatic rings. The summed E-state index contributed by atoms with van der Waals surface area (Å²) in [4.78, 5) is 52.6. The lowest BCUT2D eigenvalue weighted by Crippen LogP contribution is -2.14. The number of rotatable bonds is 27. The van der Waals surface area contributed by atoms with Gasteiger partial charge in [0.05, 0.1) is 36.5 Å². The smallest absolute Gasteiger partial charge is 0.338 e. The van der Waals surface area contributed by atoms with Crippen molar-refractivity contribution in [3.63, 3.8) is 0 Å². The van der Waals surface area contributed by atoms with Crippen LogP contribution >= 0.6 is 0 Å². The van der Waals surface area contributed by atoms with Gasteiger partial charge in [-0.15, -0.1) is 0 Å². The monoisotopic (exact) mass is 823 g/mol. The maximum absolute atomic E-state index is 13.1. The van der Waals surface area contributed by atoms with Gasteiger partial charge in [0.15, 0.2) is 0 Å². The number of carbonyl (C=O) groups excluding carboxylic acids is 3. The molecule has 12 nitrogen and oxygen atoms in total. The Morgan fingerprint density at radius 3 is 1.17 bits per heavy atom. The number of ether oxygens (including phenoxy) is 3. The van der Waals surface area contributed by atoms with Crippen LogP contribution in [0.15, 0.2) is 72.8 Å². The van der Waals surface area contributed by atoms with Crippen LogP contribution < -0.4 is 16.0 Å². The van der Waals surface area contributed by atoms with Crippen molar-refractivity contribution in [1.82, 2.24) is 15.0 Å². The zero-order chi connectivity index (χ0) is 43.1. The van der Waals surface area contributed by atoms with E-state index in [2.05, 4.69) is 72.4 Å². The first-order chi connectivity index (χ1) is 29.2. The lowest BCUT2D eigenvalue weighted by Gasteiger charge is -2.15. The van der Waals surface area contributed by atoms with Gasteiger partial charge in [-0.1, -0.05) is 105 Å². The Bertz CT molecular complexity index is 1810. The molecule has 0 fully saturated rings. The Morgan fingerprint density at radius 1 is 0.467 bits per heavy atom. The molecule has 0 aliphatic carbocycles. The number of hydrogen-bond acceptors (Lipinski definition) is 12. The lowest BCUT2D eigenvalue weighted by atomic mass is 10.0. The number of nitrogens with one attached hydrogen (secondary N) is 3. The van der Waals surface area contributed by atoms with Crippen LogP contribution in [0.1, 0.15) is 150 Å². The molecule has 60 heavy (non-hydrogen) atoms. The molecule has 0 saturated carbocycles. The first kappa shape index (κ1) is 47.2. The Labute approximate surface area is 357 Å². The number of benzene rings is 3. The van der Waals surface area contributed by atoms with Gasteiger partial charge in [0.2, 0.25) is 17.8 Å². The molecule has 0 aliphatic rings. The third-order valence-corrected chi connectivity index (χ3v) is 10.7. The van der Waals surface area contributed by atoms with Crippen LogP contribution in [0.2, 0.25) is 0 Å². The van der Waals surface area contributed by atoms with Crippen molar-refractivity contribution in [2.45, 2.75) is 119 Å². The molecule has 324 valence electrons. The lowest BCUT2D eigenvalue weighted by molar-refractivity contribution is 0.0419. The highest BCUT2D eigenvalue weighted by Crippen LogP contribution is 2.24. The van der Waals surface area contributed by atoms with Crippen LogP contribution in [0.4, 0.5) is 34.9 Å². The highest BCUT2D eigenvalue weighted by atomic mass is 16.5. The average molecular weight is 823 g/mol. The molecular formula is C48H66N6O6. The maximum atomic E-state index is 13.1. The van der Waals surface area contributed by atoms with Crippen molar-refractivity contribution in [3.05, 3.63) is 89.5 Å². The van der Waals surface area contributed by atoms with Crippen LogP contribution in [-0.2, 0) is 14.2 Å². The zero-order valence-corrected chi connectivity index (χ0v) is 36.6. The van der Waals surface area contributed by atoms with Crippen molar-refractivity contribution < 1.29 is 28.6 Å². The van der Waals surface area contributed by atoms with Gasteiger partial charge >= 0.3 is 17.9 Å². The quantitative estimate of drug-likeness (QED) is 0.0387. The summed E-state index contributed by atoms with van der Waals surface area (Å²) in [7, 11) is 0. The van der Waals surface area contributed by atoms with Crippen LogP contribution in [0, 0.1) is 17.8 Å². The van der Waals surface area contributed by atoms with E-state index in [1.165, 1.54) is 0 Å². The van der Waals surface area contributed by atoms with Gasteiger partial charge in [0.1, 0.15) is 0 Å². The molecule has 0 bridgehead atoms. The molecule has 3 aromatic carbocycles. The SMILES string of the molecule is CCCCC(CC)COC(=O)c1ccc(Nc2nc(Nc3ccc(C(=O)OCC(CC)CCCC)cc3)nc(Nc3cccc(C(=O)OCC(CC)CCCC)c3)n2)cc1. The number of unbranched alkanes of at least 4 members (excludes halogenated alkanes) is 3. The minimum atomic E-state index is -0.392. The summed E-state index contributed by atoms with van der Waals surface area (Å²) >= 11 is 0. The molecule has 0 radical (unpaired) electrons. The van der Waals surface area contributed by atoms with Crippen molar-refractivity contribution in [1.29, 1.82) is 0 Å². The predicted octanol–water partition coefficient (Wildman–Crippen LogP) is 12.2. The minimum absolute atomic E-state index is 0.202. The summed E-state index contributed by atoms with van der Waals surface area (Å²) in [5.41, 5.74) is 3.17. The zero-order valence-electron chi connectivity index (χ0n) is 36.6. The summed E-state index contributed by atoms with van der Waals surface area (Å²) in [6, 6.07) is 20.9. The number of anilines is 6. The minimum Gasteiger partial charge on any atom is -0.462 e. The second-order valence-electron chi connectivity index (χ2n) is 15.5. The molecule has 0 amide bonds. The first-order valence-corrected chi connectivity index (χ1v) is 22.1. The number of esters is 3. The van der Waals surface area contributed by atoms with Crippen molar-refractivity contribution in [2.24, 2.45) is 17.8 Å². The van der Waals surface area contributed by atoms with E-state index in [0.29, 0.717) is 71.3 Å². The van der Waals surface area contributed by atoms with Crippen LogP contribution in [-0.4, -0.2) is 52.7 Å². The molecule has 0 aliphatic heterocycles. The normalized spacial score (nSPS) is 12.5. The van der Waals surface area contributed by atoms with Gasteiger partial charge in [-0.3, -0.25) is 0 Å². The van der Waals surface area contributed by atoms with Crippen molar-refractivity contribution >= 4 is 52.8 Å². The molecule has 12 heteroatoms. The fourth-order valence-corrected chi connectivity index (χ4v) is 6.56. The average Bonchev–Trinajstić information content (AvgIpc) is 3.26. The van der Waals surface area contributed by atoms with E-state index in [0.717, 1.165) is 77.0 Å². The predicted molar refractivity (Wildman–Crippen MR) is 240 cm³/mol. The van der Waals surface area contributed by atoms with Gasteiger partial charge in [0, 0.05) is 17.1 Å². The summed E-state index contributed by atoms with van der Waals surface area (Å²) in [5.74, 6) is 0.548. The molecule has 3 unspecified atom stereocenters. The second kappa shape index (κ2) is 25.9. The Morgan fingerprint density at radius 2 is 0.817 bits per heavy atom. The molecule has 4 rings (SSSR count). The molecule has 1 aromatic heterocycles. The molecular weight excluding hydrogens is 757 g/mol. The number of hydrogen-bond donors (Lipinski definition) is 3. The molecule has 0 saturated heterocycles. The van der Waals surface area contributed by atoms with E-state index in [4.69, 9.17) is 14.2 Å². The first-order valence-electron chi connectivity index (χ1n) is 22.1. The number of nitrogens with zero attached hydrogens (tertiary/aromatic N) is 3. The van der Waals surface area contributed by atoms with Crippen LogP contribution in [0.3, 0.4) is 0 Å². The standard InChI is InChI=1S/C48H66N6O6/c1-7-13-17-34(10-4)31-58-43(55)37-22-26-40(27-23-37)49-46-52-47(50-41-28-24-38(25-29-41)44(56)59-32-35(11-5)18-14-8-2)54-48(53-46)51-42-21-16-20-39(30-42)45(57)60-33-36(12-6)19-15-9-3/h16,20-30,34-36H,7-15,17-19,31-33H2,1-6H3,(H3,49,50,51,52,53,54). The Hall–Kier alpha value is -5.52. The van der Waals surface area contributed by atoms with E-state index < -0.39 is 5.97 Å². The molecule has 3 atom stereocenters. The van der Waals surface area contributed by atoms with E-state index >= 15 is 0 Å². The maximum Gasteiger partial charge on any atom is 0.338 e. The van der Waals surface area contributed by atoms with Crippen molar-refractivity contribution in [2.75, 3.05) is 35.8 Å². The molecule has 0 spiro atoms. The fraction of sp³-hybridized carbons (Fsp3) is 0.500. The van der Waals surface area contributed by atoms with Gasteiger partial charge in [-0.25, -0.2) is 14.4 Å². The Kier molecular flexibility index (Phi) is 20.3.